The maximum absolute atomic E-state index is 11.7. The van der Waals surface area contributed by atoms with Gasteiger partial charge in [-0.3, -0.25) is 0 Å². The molecule has 1 atom stereocenters. The van der Waals surface area contributed by atoms with Crippen LogP contribution in [0.2, 0.25) is 0 Å². The van der Waals surface area contributed by atoms with Gasteiger partial charge in [0.25, 0.3) is 0 Å². The van der Waals surface area contributed by atoms with Crippen molar-refractivity contribution in [2.45, 2.75) is 39.7 Å². The zero-order valence-corrected chi connectivity index (χ0v) is 11.7. The fourth-order valence-corrected chi connectivity index (χ4v) is 1.67. The van der Waals surface area contributed by atoms with Crippen LogP contribution in [0.1, 0.15) is 39.2 Å². The molecule has 19 heavy (non-hydrogen) atoms. The van der Waals surface area contributed by atoms with E-state index in [1.54, 1.807) is 24.3 Å². The molecule has 0 heterocycles. The molecule has 0 aliphatic heterocycles. The number of nitrogens with zero attached hydrogens (tertiary/aromatic N) is 1. The predicted octanol–water partition coefficient (Wildman–Crippen LogP) is 3.50. The van der Waals surface area contributed by atoms with Crippen molar-refractivity contribution < 1.29 is 4.79 Å². The summed E-state index contributed by atoms with van der Waals surface area (Å²) in [6.45, 7) is 6.34. The van der Waals surface area contributed by atoms with E-state index >= 15 is 0 Å². The van der Waals surface area contributed by atoms with Gasteiger partial charge in [0.05, 0.1) is 11.6 Å². The zero-order chi connectivity index (χ0) is 14.3. The molecule has 0 radical (unpaired) electrons. The molecular weight excluding hydrogens is 238 g/mol. The number of nitriles is 1. The summed E-state index contributed by atoms with van der Waals surface area (Å²) < 4.78 is 0. The summed E-state index contributed by atoms with van der Waals surface area (Å²) in [6.07, 6.45) is 2.07. The monoisotopic (exact) mass is 259 g/mol. The van der Waals surface area contributed by atoms with Crippen LogP contribution in [0.3, 0.4) is 0 Å². The zero-order valence-electron chi connectivity index (χ0n) is 11.7. The minimum absolute atomic E-state index is 0.154. The first-order chi connectivity index (χ1) is 9.01. The molecule has 0 aliphatic carbocycles. The average Bonchev–Trinajstić information content (AvgIpc) is 2.37. The molecule has 0 saturated heterocycles. The van der Waals surface area contributed by atoms with Gasteiger partial charge < -0.3 is 10.6 Å². The summed E-state index contributed by atoms with van der Waals surface area (Å²) >= 11 is 0. The first-order valence-electron chi connectivity index (χ1n) is 6.59. The number of urea groups is 1. The minimum Gasteiger partial charge on any atom is -0.335 e. The van der Waals surface area contributed by atoms with Gasteiger partial charge in [-0.2, -0.15) is 5.26 Å². The Morgan fingerprint density at radius 2 is 1.84 bits per heavy atom. The number of nitrogens with one attached hydrogen (secondary N) is 2. The molecule has 4 heteroatoms. The highest BCUT2D eigenvalue weighted by molar-refractivity contribution is 5.89. The topological polar surface area (TPSA) is 64.9 Å². The Morgan fingerprint density at radius 3 is 2.37 bits per heavy atom. The Labute approximate surface area is 114 Å². The van der Waals surface area contributed by atoms with E-state index in [2.05, 4.69) is 24.5 Å². The molecule has 1 aromatic carbocycles. The highest BCUT2D eigenvalue weighted by Crippen LogP contribution is 2.09. The Morgan fingerprint density at radius 1 is 1.21 bits per heavy atom. The summed E-state index contributed by atoms with van der Waals surface area (Å²) in [5.74, 6) is 0.644. The van der Waals surface area contributed by atoms with Crippen LogP contribution in [0.15, 0.2) is 24.3 Å². The van der Waals surface area contributed by atoms with Crippen LogP contribution >= 0.6 is 0 Å². The summed E-state index contributed by atoms with van der Waals surface area (Å²) in [4.78, 5) is 11.7. The van der Waals surface area contributed by atoms with Gasteiger partial charge in [-0.15, -0.1) is 0 Å². The second kappa shape index (κ2) is 7.42. The van der Waals surface area contributed by atoms with E-state index in [-0.39, 0.29) is 12.1 Å². The maximum Gasteiger partial charge on any atom is 0.319 e. The van der Waals surface area contributed by atoms with Crippen molar-refractivity contribution >= 4 is 11.7 Å². The van der Waals surface area contributed by atoms with Crippen molar-refractivity contribution in [2.24, 2.45) is 5.92 Å². The molecule has 0 bridgehead atoms. The van der Waals surface area contributed by atoms with Crippen LogP contribution in [0.5, 0.6) is 0 Å². The van der Waals surface area contributed by atoms with Crippen molar-refractivity contribution in [3.8, 4) is 6.07 Å². The van der Waals surface area contributed by atoms with E-state index < -0.39 is 0 Å². The van der Waals surface area contributed by atoms with Gasteiger partial charge in [0.2, 0.25) is 0 Å². The van der Waals surface area contributed by atoms with Crippen LogP contribution in [0.25, 0.3) is 0 Å². The van der Waals surface area contributed by atoms with Crippen LogP contribution in [0, 0.1) is 17.2 Å². The molecule has 0 fully saturated rings. The number of amides is 2. The van der Waals surface area contributed by atoms with Crippen molar-refractivity contribution in [2.75, 3.05) is 5.32 Å². The molecule has 1 aromatic rings. The van der Waals surface area contributed by atoms with Crippen molar-refractivity contribution in [1.82, 2.24) is 5.32 Å². The fourth-order valence-electron chi connectivity index (χ4n) is 1.67. The molecule has 1 unspecified atom stereocenters. The van der Waals surface area contributed by atoms with Gasteiger partial charge in [0.15, 0.2) is 0 Å². The van der Waals surface area contributed by atoms with E-state index in [0.717, 1.165) is 12.8 Å². The Bertz CT molecular complexity index is 445. The number of hydrogen-bond acceptors (Lipinski definition) is 2. The van der Waals surface area contributed by atoms with Gasteiger partial charge in [-0.1, -0.05) is 13.8 Å². The third-order valence-electron chi connectivity index (χ3n) is 2.83. The van der Waals surface area contributed by atoms with Gasteiger partial charge >= 0.3 is 6.03 Å². The second-order valence-electron chi connectivity index (χ2n) is 5.16. The largest absolute Gasteiger partial charge is 0.335 e. The molecule has 1 rings (SSSR count). The Hall–Kier alpha value is -2.02. The summed E-state index contributed by atoms with van der Waals surface area (Å²) in [5.41, 5.74) is 1.27. The molecule has 0 aliphatic rings. The lowest BCUT2D eigenvalue weighted by atomic mass is 10.0. The number of anilines is 1. The molecule has 2 N–H and O–H groups in total. The van der Waals surface area contributed by atoms with Gasteiger partial charge in [-0.25, -0.2) is 4.79 Å². The number of benzene rings is 1. The quantitative estimate of drug-likeness (QED) is 0.849. The number of rotatable bonds is 5. The SMILES string of the molecule is CC(C)CCC(C)NC(=O)Nc1ccc(C#N)cc1. The van der Waals surface area contributed by atoms with Crippen LogP contribution in [0.4, 0.5) is 10.5 Å². The van der Waals surface area contributed by atoms with Gasteiger partial charge in [-0.05, 0) is 49.9 Å². The standard InChI is InChI=1S/C15H21N3O/c1-11(2)4-5-12(3)17-15(19)18-14-8-6-13(10-16)7-9-14/h6-9,11-12H,4-5H2,1-3H3,(H2,17,18,19). The minimum atomic E-state index is -0.207. The first kappa shape index (κ1) is 15.0. The second-order valence-corrected chi connectivity index (χ2v) is 5.16. The Kier molecular flexibility index (Phi) is 5.87. The normalized spacial score (nSPS) is 11.7. The summed E-state index contributed by atoms with van der Waals surface area (Å²) in [5, 5.41) is 14.3. The predicted molar refractivity (Wildman–Crippen MR) is 76.8 cm³/mol. The van der Waals surface area contributed by atoms with E-state index in [0.29, 0.717) is 17.2 Å². The molecule has 0 aromatic heterocycles. The third-order valence-corrected chi connectivity index (χ3v) is 2.83. The number of carbonyl (C=O) groups is 1. The molecular formula is C15H21N3O. The number of carbonyl (C=O) groups excluding carboxylic acids is 1. The molecule has 102 valence electrons. The Balaban J connectivity index is 2.40. The van der Waals surface area contributed by atoms with Crippen molar-refractivity contribution in [3.63, 3.8) is 0 Å². The molecule has 2 amide bonds. The lowest BCUT2D eigenvalue weighted by molar-refractivity contribution is 0.248. The van der Waals surface area contributed by atoms with Crippen LogP contribution < -0.4 is 10.6 Å². The summed E-state index contributed by atoms with van der Waals surface area (Å²) in [7, 11) is 0. The lowest BCUT2D eigenvalue weighted by Gasteiger charge is -2.15. The number of hydrogen-bond donors (Lipinski definition) is 2. The van der Waals surface area contributed by atoms with E-state index in [9.17, 15) is 4.79 Å². The van der Waals surface area contributed by atoms with E-state index in [4.69, 9.17) is 5.26 Å². The van der Waals surface area contributed by atoms with Gasteiger partial charge in [0.1, 0.15) is 0 Å². The maximum atomic E-state index is 11.7. The summed E-state index contributed by atoms with van der Waals surface area (Å²) in [6, 6.07) is 8.78. The third kappa shape index (κ3) is 5.91. The van der Waals surface area contributed by atoms with Crippen LogP contribution in [-0.2, 0) is 0 Å². The average molecular weight is 259 g/mol. The highest BCUT2D eigenvalue weighted by Gasteiger charge is 2.08. The van der Waals surface area contributed by atoms with Crippen molar-refractivity contribution in [3.05, 3.63) is 29.8 Å². The fraction of sp³-hybridized carbons (Fsp3) is 0.467. The van der Waals surface area contributed by atoms with Crippen molar-refractivity contribution in [1.29, 1.82) is 5.26 Å². The molecule has 0 saturated carbocycles. The molecule has 0 spiro atoms. The smallest absolute Gasteiger partial charge is 0.319 e. The van der Waals surface area contributed by atoms with E-state index in [1.165, 1.54) is 0 Å². The highest BCUT2D eigenvalue weighted by atomic mass is 16.2. The first-order valence-corrected chi connectivity index (χ1v) is 6.59. The van der Waals surface area contributed by atoms with E-state index in [1.807, 2.05) is 13.0 Å². The van der Waals surface area contributed by atoms with Gasteiger partial charge in [0, 0.05) is 11.7 Å². The molecule has 4 nitrogen and oxygen atoms in total. The lowest BCUT2D eigenvalue weighted by Crippen LogP contribution is -2.36. The van der Waals surface area contributed by atoms with Crippen LogP contribution in [-0.4, -0.2) is 12.1 Å².